The second-order valence-electron chi connectivity index (χ2n) is 6.39. The first-order chi connectivity index (χ1) is 12.5. The summed E-state index contributed by atoms with van der Waals surface area (Å²) in [5.74, 6) is -0.735. The van der Waals surface area contributed by atoms with Crippen LogP contribution >= 0.6 is 0 Å². The van der Waals surface area contributed by atoms with E-state index in [2.05, 4.69) is 10.6 Å². The van der Waals surface area contributed by atoms with E-state index < -0.39 is 18.4 Å². The maximum Gasteiger partial charge on any atom is 0.265 e. The van der Waals surface area contributed by atoms with E-state index in [1.807, 2.05) is 0 Å². The lowest BCUT2D eigenvalue weighted by Gasteiger charge is -2.27. The van der Waals surface area contributed by atoms with Crippen molar-refractivity contribution >= 4 is 23.2 Å². The molecular weight excluding hydrogens is 346 g/mol. The Morgan fingerprint density at radius 2 is 2.15 bits per heavy atom. The van der Waals surface area contributed by atoms with Crippen molar-refractivity contribution in [3.05, 3.63) is 23.8 Å². The summed E-state index contributed by atoms with van der Waals surface area (Å²) in [6, 6.07) is 3.79. The fourth-order valence-electron chi connectivity index (χ4n) is 2.81. The van der Waals surface area contributed by atoms with Gasteiger partial charge in [-0.05, 0) is 31.0 Å². The fourth-order valence-corrected chi connectivity index (χ4v) is 2.81. The fraction of sp³-hybridized carbons (Fsp3) is 0.529. The molecule has 26 heavy (non-hydrogen) atoms. The number of anilines is 2. The smallest absolute Gasteiger partial charge is 0.265 e. The number of hydrogen-bond donors (Lipinski definition) is 3. The third kappa shape index (κ3) is 4.35. The number of amides is 2. The van der Waals surface area contributed by atoms with Gasteiger partial charge in [0.05, 0.1) is 12.6 Å². The lowest BCUT2D eigenvalue weighted by molar-refractivity contribution is -0.125. The van der Waals surface area contributed by atoms with E-state index in [1.54, 1.807) is 0 Å². The third-order valence-corrected chi connectivity index (χ3v) is 4.39. The summed E-state index contributed by atoms with van der Waals surface area (Å²) in [6.07, 6.45) is -0.836. The molecule has 2 amide bonds. The summed E-state index contributed by atoms with van der Waals surface area (Å²) in [5, 5.41) is 5.61. The van der Waals surface area contributed by atoms with Crippen molar-refractivity contribution in [2.24, 2.45) is 5.73 Å². The number of carbonyl (C=O) groups excluding carboxylic acids is 2. The van der Waals surface area contributed by atoms with E-state index in [-0.39, 0.29) is 36.4 Å². The number of morpholine rings is 1. The first-order valence-corrected chi connectivity index (χ1v) is 8.56. The van der Waals surface area contributed by atoms with Gasteiger partial charge in [0, 0.05) is 36.1 Å². The highest BCUT2D eigenvalue weighted by Crippen LogP contribution is 2.32. The van der Waals surface area contributed by atoms with Crippen LogP contribution in [0.4, 0.5) is 20.2 Å². The van der Waals surface area contributed by atoms with Crippen molar-refractivity contribution in [2.45, 2.75) is 31.4 Å². The number of nitrogens with zero attached hydrogens (tertiary/aromatic N) is 1. The number of nitrogens with two attached hydrogens (primary N) is 1. The van der Waals surface area contributed by atoms with E-state index in [0.717, 1.165) is 12.8 Å². The minimum atomic E-state index is -2.80. The SMILES string of the molecule is NC[C@@H](NC1CC1)C(=O)Nc1ccc(N2CCOCC2=O)cc1C(F)F. The van der Waals surface area contributed by atoms with Gasteiger partial charge in [0.15, 0.2) is 0 Å². The molecule has 2 fully saturated rings. The Morgan fingerprint density at radius 3 is 2.77 bits per heavy atom. The van der Waals surface area contributed by atoms with Crippen LogP contribution in [0, 0.1) is 0 Å². The molecular formula is C17H22F2N4O3. The summed E-state index contributed by atoms with van der Waals surface area (Å²) < 4.78 is 32.1. The number of rotatable bonds is 7. The molecule has 4 N–H and O–H groups in total. The molecule has 9 heteroatoms. The van der Waals surface area contributed by atoms with Gasteiger partial charge < -0.3 is 26.0 Å². The molecule has 1 aliphatic heterocycles. The Hall–Kier alpha value is -2.10. The Kier molecular flexibility index (Phi) is 5.80. The minimum Gasteiger partial charge on any atom is -0.370 e. The number of nitrogens with one attached hydrogen (secondary N) is 2. The highest BCUT2D eigenvalue weighted by Gasteiger charge is 2.29. The third-order valence-electron chi connectivity index (χ3n) is 4.39. The maximum absolute atomic E-state index is 13.5. The normalized spacial score (nSPS) is 18.9. The van der Waals surface area contributed by atoms with Crippen molar-refractivity contribution in [1.29, 1.82) is 0 Å². The number of carbonyl (C=O) groups is 2. The Bertz CT molecular complexity index is 682. The van der Waals surface area contributed by atoms with E-state index in [4.69, 9.17) is 10.5 Å². The zero-order valence-corrected chi connectivity index (χ0v) is 14.2. The molecule has 1 atom stereocenters. The Balaban J connectivity index is 1.77. The molecule has 7 nitrogen and oxygen atoms in total. The van der Waals surface area contributed by atoms with Crippen molar-refractivity contribution in [1.82, 2.24) is 5.32 Å². The van der Waals surface area contributed by atoms with Gasteiger partial charge in [-0.3, -0.25) is 9.59 Å². The van der Waals surface area contributed by atoms with Crippen LogP contribution in [0.1, 0.15) is 24.8 Å². The molecule has 142 valence electrons. The molecule has 0 aromatic heterocycles. The average molecular weight is 368 g/mol. The molecule has 2 aliphatic rings. The summed E-state index contributed by atoms with van der Waals surface area (Å²) in [5.41, 5.74) is 5.65. The molecule has 0 unspecified atom stereocenters. The minimum absolute atomic E-state index is 0.0190. The highest BCUT2D eigenvalue weighted by atomic mass is 19.3. The Morgan fingerprint density at radius 1 is 1.38 bits per heavy atom. The van der Waals surface area contributed by atoms with Gasteiger partial charge in [0.25, 0.3) is 12.3 Å². The number of hydrogen-bond acceptors (Lipinski definition) is 5. The van der Waals surface area contributed by atoms with E-state index in [9.17, 15) is 18.4 Å². The highest BCUT2D eigenvalue weighted by molar-refractivity contribution is 5.97. The lowest BCUT2D eigenvalue weighted by Crippen LogP contribution is -2.46. The van der Waals surface area contributed by atoms with Gasteiger partial charge in [-0.1, -0.05) is 0 Å². The molecule has 1 aromatic carbocycles. The van der Waals surface area contributed by atoms with Crippen LogP contribution < -0.4 is 21.3 Å². The van der Waals surface area contributed by atoms with Crippen molar-refractivity contribution < 1.29 is 23.1 Å². The van der Waals surface area contributed by atoms with Gasteiger partial charge in [0.2, 0.25) is 5.91 Å². The summed E-state index contributed by atoms with van der Waals surface area (Å²) in [7, 11) is 0. The quantitative estimate of drug-likeness (QED) is 0.667. The Labute approximate surface area is 149 Å². The van der Waals surface area contributed by atoms with E-state index >= 15 is 0 Å². The molecule has 3 rings (SSSR count). The monoisotopic (exact) mass is 368 g/mol. The predicted octanol–water partition coefficient (Wildman–Crippen LogP) is 1.01. The molecule has 0 spiro atoms. The van der Waals surface area contributed by atoms with E-state index in [0.29, 0.717) is 18.8 Å². The summed E-state index contributed by atoms with van der Waals surface area (Å²) in [4.78, 5) is 25.6. The van der Waals surface area contributed by atoms with Crippen molar-refractivity contribution in [3.63, 3.8) is 0 Å². The number of ether oxygens (including phenoxy) is 1. The average Bonchev–Trinajstić information content (AvgIpc) is 3.44. The molecule has 1 saturated carbocycles. The molecule has 1 aliphatic carbocycles. The molecule has 1 aromatic rings. The van der Waals surface area contributed by atoms with Crippen LogP contribution in [0.15, 0.2) is 18.2 Å². The van der Waals surface area contributed by atoms with Crippen LogP contribution in [0.25, 0.3) is 0 Å². The number of halogens is 2. The van der Waals surface area contributed by atoms with Crippen LogP contribution in [0.2, 0.25) is 0 Å². The van der Waals surface area contributed by atoms with Crippen molar-refractivity contribution in [3.8, 4) is 0 Å². The van der Waals surface area contributed by atoms with Gasteiger partial charge in [-0.2, -0.15) is 0 Å². The van der Waals surface area contributed by atoms with Gasteiger partial charge in [0.1, 0.15) is 6.61 Å². The van der Waals surface area contributed by atoms with Crippen LogP contribution in [0.5, 0.6) is 0 Å². The zero-order valence-electron chi connectivity index (χ0n) is 14.2. The zero-order chi connectivity index (χ0) is 18.7. The second kappa shape index (κ2) is 8.07. The maximum atomic E-state index is 13.5. The molecule has 1 saturated heterocycles. The molecule has 1 heterocycles. The standard InChI is InChI=1S/C17H22F2N4O3/c18-16(19)12-7-11(23-5-6-26-9-15(23)24)3-4-13(12)22-17(25)14(8-20)21-10-1-2-10/h3-4,7,10,14,16,21H,1-2,5-6,8-9,20H2,(H,22,25)/t14-/m1/s1. The van der Waals surface area contributed by atoms with Gasteiger partial charge in [-0.25, -0.2) is 8.78 Å². The first-order valence-electron chi connectivity index (χ1n) is 8.56. The van der Waals surface area contributed by atoms with Crippen LogP contribution in [-0.4, -0.2) is 50.2 Å². The van der Waals surface area contributed by atoms with Crippen LogP contribution in [-0.2, 0) is 14.3 Å². The van der Waals surface area contributed by atoms with Gasteiger partial charge >= 0.3 is 0 Å². The summed E-state index contributed by atoms with van der Waals surface area (Å²) in [6.45, 7) is 0.646. The lowest BCUT2D eigenvalue weighted by atomic mass is 10.1. The number of alkyl halides is 2. The van der Waals surface area contributed by atoms with Crippen LogP contribution in [0.3, 0.4) is 0 Å². The van der Waals surface area contributed by atoms with E-state index in [1.165, 1.54) is 23.1 Å². The topological polar surface area (TPSA) is 96.7 Å². The molecule has 0 bridgehead atoms. The number of benzene rings is 1. The second-order valence-corrected chi connectivity index (χ2v) is 6.39. The molecule has 0 radical (unpaired) electrons. The predicted molar refractivity (Wildman–Crippen MR) is 92.2 cm³/mol. The first kappa shape index (κ1) is 18.7. The largest absolute Gasteiger partial charge is 0.370 e. The summed E-state index contributed by atoms with van der Waals surface area (Å²) >= 11 is 0. The van der Waals surface area contributed by atoms with Crippen molar-refractivity contribution in [2.75, 3.05) is 36.5 Å². The van der Waals surface area contributed by atoms with Gasteiger partial charge in [-0.15, -0.1) is 0 Å².